The average Bonchev–Trinajstić information content (AvgIpc) is 2.11. The third kappa shape index (κ3) is 5.46. The van der Waals surface area contributed by atoms with E-state index < -0.39 is 23.2 Å². The van der Waals surface area contributed by atoms with Crippen molar-refractivity contribution in [2.45, 2.75) is 51.7 Å². The molecule has 1 rings (SSSR count). The molecule has 6 nitrogen and oxygen atoms in total. The fourth-order valence-corrected chi connectivity index (χ4v) is 2.45. The van der Waals surface area contributed by atoms with Crippen molar-refractivity contribution in [1.82, 2.24) is 10.6 Å². The van der Waals surface area contributed by atoms with Crippen molar-refractivity contribution in [1.29, 1.82) is 0 Å². The molecule has 1 aliphatic heterocycles. The highest BCUT2D eigenvalue weighted by molar-refractivity contribution is 5.73. The summed E-state index contributed by atoms with van der Waals surface area (Å²) in [4.78, 5) is 22.9. The number of carboxylic acid groups (broad SMARTS) is 1. The number of carbonyl (C=O) groups is 2. The van der Waals surface area contributed by atoms with Crippen LogP contribution in [0.5, 0.6) is 0 Å². The van der Waals surface area contributed by atoms with Crippen molar-refractivity contribution < 1.29 is 19.4 Å². The molecule has 1 fully saturated rings. The van der Waals surface area contributed by atoms with Gasteiger partial charge in [-0.05, 0) is 39.7 Å². The van der Waals surface area contributed by atoms with Crippen LogP contribution in [-0.4, -0.2) is 41.4 Å². The van der Waals surface area contributed by atoms with Crippen LogP contribution in [0, 0.1) is 5.92 Å². The number of carbonyl (C=O) groups excluding carboxylic acids is 1. The first kappa shape index (κ1) is 15.8. The molecule has 1 saturated heterocycles. The van der Waals surface area contributed by atoms with E-state index in [1.54, 1.807) is 20.8 Å². The summed E-state index contributed by atoms with van der Waals surface area (Å²) in [5, 5.41) is 15.0. The molecular weight excluding hydrogens is 248 g/mol. The third-order valence-electron chi connectivity index (χ3n) is 2.95. The molecule has 0 radical (unpaired) electrons. The van der Waals surface area contributed by atoms with Gasteiger partial charge in [0.15, 0.2) is 0 Å². The molecule has 1 amide bonds. The maximum absolute atomic E-state index is 11.9. The van der Waals surface area contributed by atoms with Crippen LogP contribution >= 0.6 is 0 Å². The fraction of sp³-hybridized carbons (Fsp3) is 0.846. The van der Waals surface area contributed by atoms with Gasteiger partial charge in [0, 0.05) is 6.54 Å². The fourth-order valence-electron chi connectivity index (χ4n) is 2.45. The van der Waals surface area contributed by atoms with E-state index in [2.05, 4.69) is 10.6 Å². The molecule has 2 unspecified atom stereocenters. The maximum atomic E-state index is 11.9. The lowest BCUT2D eigenvalue weighted by atomic mass is 9.82. The van der Waals surface area contributed by atoms with E-state index in [0.717, 1.165) is 6.54 Å². The molecule has 0 aliphatic carbocycles. The van der Waals surface area contributed by atoms with Crippen molar-refractivity contribution >= 4 is 12.1 Å². The highest BCUT2D eigenvalue weighted by atomic mass is 16.6. The minimum atomic E-state index is -0.924. The van der Waals surface area contributed by atoms with E-state index in [9.17, 15) is 9.59 Å². The first-order valence-corrected chi connectivity index (χ1v) is 6.56. The normalized spacial score (nSPS) is 27.7. The largest absolute Gasteiger partial charge is 0.481 e. The van der Waals surface area contributed by atoms with Gasteiger partial charge in [0.05, 0.1) is 12.0 Å². The number of piperidine rings is 1. The molecule has 0 saturated carbocycles. The Hall–Kier alpha value is -1.30. The van der Waals surface area contributed by atoms with E-state index in [1.807, 2.05) is 6.92 Å². The summed E-state index contributed by atoms with van der Waals surface area (Å²) in [6, 6.07) is 0. The molecule has 0 bridgehead atoms. The van der Waals surface area contributed by atoms with Crippen LogP contribution in [0.15, 0.2) is 0 Å². The molecule has 1 aliphatic rings. The van der Waals surface area contributed by atoms with E-state index in [-0.39, 0.29) is 6.42 Å². The molecule has 2 atom stereocenters. The molecule has 0 aromatic rings. The van der Waals surface area contributed by atoms with Crippen molar-refractivity contribution in [3.8, 4) is 0 Å². The van der Waals surface area contributed by atoms with Gasteiger partial charge in [-0.25, -0.2) is 4.79 Å². The smallest absolute Gasteiger partial charge is 0.408 e. The Bertz CT molecular complexity index is 351. The topological polar surface area (TPSA) is 87.7 Å². The van der Waals surface area contributed by atoms with Crippen LogP contribution in [0.25, 0.3) is 0 Å². The van der Waals surface area contributed by atoms with Crippen molar-refractivity contribution in [2.75, 3.05) is 13.1 Å². The summed E-state index contributed by atoms with van der Waals surface area (Å²) >= 11 is 0. The number of rotatable bonds is 3. The number of amides is 1. The molecule has 1 heterocycles. The predicted molar refractivity (Wildman–Crippen MR) is 71.0 cm³/mol. The minimum Gasteiger partial charge on any atom is -0.481 e. The molecular formula is C13H24N2O4. The first-order chi connectivity index (χ1) is 8.62. The average molecular weight is 272 g/mol. The van der Waals surface area contributed by atoms with Gasteiger partial charge in [0.25, 0.3) is 0 Å². The summed E-state index contributed by atoms with van der Waals surface area (Å²) < 4.78 is 5.21. The predicted octanol–water partition coefficient (Wildman–Crippen LogP) is 1.35. The van der Waals surface area contributed by atoms with E-state index in [0.29, 0.717) is 18.9 Å². The van der Waals surface area contributed by atoms with Crippen molar-refractivity contribution in [3.63, 3.8) is 0 Å². The zero-order valence-electron chi connectivity index (χ0n) is 12.1. The van der Waals surface area contributed by atoms with Crippen LogP contribution in [0.1, 0.15) is 40.5 Å². The molecule has 6 heteroatoms. The molecule has 19 heavy (non-hydrogen) atoms. The van der Waals surface area contributed by atoms with Gasteiger partial charge >= 0.3 is 12.1 Å². The highest BCUT2D eigenvalue weighted by Crippen LogP contribution is 2.25. The second kappa shape index (κ2) is 5.77. The summed E-state index contributed by atoms with van der Waals surface area (Å²) in [7, 11) is 0. The number of nitrogens with one attached hydrogen (secondary N) is 2. The van der Waals surface area contributed by atoms with Crippen molar-refractivity contribution in [2.24, 2.45) is 5.92 Å². The molecule has 0 spiro atoms. The second-order valence-electron chi connectivity index (χ2n) is 6.42. The number of alkyl carbamates (subject to hydrolysis) is 1. The van der Waals surface area contributed by atoms with Crippen molar-refractivity contribution in [3.05, 3.63) is 0 Å². The van der Waals surface area contributed by atoms with Crippen LogP contribution in [-0.2, 0) is 9.53 Å². The Morgan fingerprint density at radius 2 is 2.11 bits per heavy atom. The summed E-state index contributed by atoms with van der Waals surface area (Å²) in [5.74, 6) is -0.616. The number of hydrogen-bond donors (Lipinski definition) is 3. The van der Waals surface area contributed by atoms with Gasteiger partial charge in [0.2, 0.25) is 0 Å². The molecule has 3 N–H and O–H groups in total. The monoisotopic (exact) mass is 272 g/mol. The first-order valence-electron chi connectivity index (χ1n) is 6.56. The molecule has 0 aromatic heterocycles. The molecule has 110 valence electrons. The number of carboxylic acids is 1. The van der Waals surface area contributed by atoms with Crippen LogP contribution in [0.4, 0.5) is 4.79 Å². The maximum Gasteiger partial charge on any atom is 0.408 e. The quantitative estimate of drug-likeness (QED) is 0.722. The Kier molecular flexibility index (Phi) is 4.79. The highest BCUT2D eigenvalue weighted by Gasteiger charge is 2.39. The Labute approximate surface area is 113 Å². The SMILES string of the molecule is CC1CNCC(CC(=O)O)(NC(=O)OC(C)(C)C)C1. The van der Waals surface area contributed by atoms with Gasteiger partial charge < -0.3 is 20.5 Å². The minimum absolute atomic E-state index is 0.108. The lowest BCUT2D eigenvalue weighted by Gasteiger charge is -2.40. The third-order valence-corrected chi connectivity index (χ3v) is 2.95. The van der Waals surface area contributed by atoms with Gasteiger partial charge in [-0.2, -0.15) is 0 Å². The zero-order chi connectivity index (χ0) is 14.7. The second-order valence-corrected chi connectivity index (χ2v) is 6.42. The number of ether oxygens (including phenoxy) is 1. The number of aliphatic carboxylic acids is 1. The van der Waals surface area contributed by atoms with Crippen LogP contribution in [0.3, 0.4) is 0 Å². The standard InChI is InChI=1S/C13H24N2O4/c1-9-5-13(6-10(16)17,8-14-7-9)15-11(18)19-12(2,3)4/h9,14H,5-8H2,1-4H3,(H,15,18)(H,16,17). The van der Waals surface area contributed by atoms with E-state index in [4.69, 9.17) is 9.84 Å². The van der Waals surface area contributed by atoms with Gasteiger partial charge in [-0.3, -0.25) is 4.79 Å². The Morgan fingerprint density at radius 3 is 2.58 bits per heavy atom. The summed E-state index contributed by atoms with van der Waals surface area (Å²) in [6.07, 6.45) is -0.0422. The Balaban J connectivity index is 2.74. The lowest BCUT2D eigenvalue weighted by Crippen LogP contribution is -2.61. The lowest BCUT2D eigenvalue weighted by molar-refractivity contribution is -0.139. The van der Waals surface area contributed by atoms with Crippen LogP contribution < -0.4 is 10.6 Å². The van der Waals surface area contributed by atoms with Gasteiger partial charge in [0.1, 0.15) is 5.60 Å². The van der Waals surface area contributed by atoms with Gasteiger partial charge in [-0.15, -0.1) is 0 Å². The summed E-state index contributed by atoms with van der Waals surface area (Å²) in [6.45, 7) is 8.63. The summed E-state index contributed by atoms with van der Waals surface area (Å²) in [5.41, 5.74) is -1.37. The van der Waals surface area contributed by atoms with E-state index in [1.165, 1.54) is 0 Å². The zero-order valence-corrected chi connectivity index (χ0v) is 12.1. The number of hydrogen-bond acceptors (Lipinski definition) is 4. The van der Waals surface area contributed by atoms with Crippen LogP contribution in [0.2, 0.25) is 0 Å². The van der Waals surface area contributed by atoms with Gasteiger partial charge in [-0.1, -0.05) is 6.92 Å². The Morgan fingerprint density at radius 1 is 1.47 bits per heavy atom. The molecule has 0 aromatic carbocycles. The van der Waals surface area contributed by atoms with E-state index >= 15 is 0 Å².